The molecular weight excluding hydrogens is 420 g/mol. The maximum Gasteiger partial charge on any atom is 0.253 e. The van der Waals surface area contributed by atoms with Gasteiger partial charge in [-0.3, -0.25) is 9.59 Å². The molecular formula is C25H24N4O2S. The van der Waals surface area contributed by atoms with Gasteiger partial charge < -0.3 is 15.2 Å². The third-order valence-electron chi connectivity index (χ3n) is 5.02. The van der Waals surface area contributed by atoms with E-state index in [1.165, 1.54) is 4.90 Å². The van der Waals surface area contributed by atoms with Gasteiger partial charge in [-0.2, -0.15) is 0 Å². The molecule has 4 rings (SSSR count). The third kappa shape index (κ3) is 5.18. The number of benzene rings is 3. The Balaban J connectivity index is 1.29. The zero-order chi connectivity index (χ0) is 22.5. The van der Waals surface area contributed by atoms with Crippen molar-refractivity contribution < 1.29 is 9.59 Å². The number of hydrogen-bond donors (Lipinski definition) is 2. The molecule has 0 aliphatic carbocycles. The van der Waals surface area contributed by atoms with Gasteiger partial charge in [-0.05, 0) is 47.5 Å². The van der Waals surface area contributed by atoms with Crippen LogP contribution in [0.2, 0.25) is 0 Å². The number of nitrogens with zero attached hydrogens (tertiary/aromatic N) is 2. The highest BCUT2D eigenvalue weighted by molar-refractivity contribution is 7.98. The second-order valence-electron chi connectivity index (χ2n) is 7.62. The molecule has 32 heavy (non-hydrogen) atoms. The van der Waals surface area contributed by atoms with E-state index in [0.29, 0.717) is 17.7 Å². The predicted octanol–water partition coefficient (Wildman–Crippen LogP) is 4.49. The number of carbonyl (C=O) groups is 2. The summed E-state index contributed by atoms with van der Waals surface area (Å²) in [5, 5.41) is 3.81. The molecule has 0 saturated carbocycles. The molecule has 0 fully saturated rings. The summed E-state index contributed by atoms with van der Waals surface area (Å²) in [6, 6.07) is 22.8. The van der Waals surface area contributed by atoms with Gasteiger partial charge in [0, 0.05) is 37.5 Å². The number of aromatic amines is 1. The number of fused-ring (bicyclic) bond motifs is 1. The van der Waals surface area contributed by atoms with Gasteiger partial charge in [-0.1, -0.05) is 48.2 Å². The lowest BCUT2D eigenvalue weighted by Crippen LogP contribution is -2.23. The zero-order valence-electron chi connectivity index (χ0n) is 18.0. The number of imidazole rings is 1. The van der Waals surface area contributed by atoms with E-state index in [4.69, 9.17) is 0 Å². The smallest absolute Gasteiger partial charge is 0.253 e. The van der Waals surface area contributed by atoms with Gasteiger partial charge in [0.1, 0.15) is 0 Å². The highest BCUT2D eigenvalue weighted by atomic mass is 32.2. The van der Waals surface area contributed by atoms with Crippen LogP contribution in [0.3, 0.4) is 0 Å². The molecule has 6 nitrogen and oxygen atoms in total. The van der Waals surface area contributed by atoms with Gasteiger partial charge >= 0.3 is 0 Å². The Hall–Kier alpha value is -3.58. The van der Waals surface area contributed by atoms with Crippen LogP contribution in [0.5, 0.6) is 0 Å². The normalized spacial score (nSPS) is 10.8. The lowest BCUT2D eigenvalue weighted by molar-refractivity contribution is 0.0827. The molecule has 0 bridgehead atoms. The van der Waals surface area contributed by atoms with E-state index in [1.54, 1.807) is 38.0 Å². The lowest BCUT2D eigenvalue weighted by Gasteiger charge is -2.11. The van der Waals surface area contributed by atoms with E-state index < -0.39 is 0 Å². The van der Waals surface area contributed by atoms with Crippen LogP contribution >= 0.6 is 11.8 Å². The maximum atomic E-state index is 12.5. The number of para-hydroxylation sites is 2. The fourth-order valence-corrected chi connectivity index (χ4v) is 4.05. The third-order valence-corrected chi connectivity index (χ3v) is 5.96. The average Bonchev–Trinajstić information content (AvgIpc) is 3.24. The summed E-state index contributed by atoms with van der Waals surface area (Å²) < 4.78 is 0. The number of nitrogens with one attached hydrogen (secondary N) is 2. The zero-order valence-corrected chi connectivity index (χ0v) is 18.8. The van der Waals surface area contributed by atoms with E-state index >= 15 is 0 Å². The van der Waals surface area contributed by atoms with Crippen molar-refractivity contribution in [3.63, 3.8) is 0 Å². The van der Waals surface area contributed by atoms with E-state index in [2.05, 4.69) is 15.3 Å². The van der Waals surface area contributed by atoms with Crippen LogP contribution in [-0.4, -0.2) is 40.8 Å². The predicted molar refractivity (Wildman–Crippen MR) is 128 cm³/mol. The monoisotopic (exact) mass is 444 g/mol. The first-order valence-electron chi connectivity index (χ1n) is 10.2. The fourth-order valence-electron chi connectivity index (χ4n) is 3.21. The second-order valence-corrected chi connectivity index (χ2v) is 8.59. The molecule has 0 spiro atoms. The minimum atomic E-state index is -0.130. The standard InChI is InChI=1S/C25H24N4O2S/c1-29(2)24(31)20-13-7-17(8-14-20)15-26-23(30)19-11-9-18(10-12-19)16-32-25-27-21-5-3-4-6-22(21)28-25/h3-14H,15-16H2,1-2H3,(H,26,30)(H,27,28). The highest BCUT2D eigenvalue weighted by Crippen LogP contribution is 2.23. The van der Waals surface area contributed by atoms with Crippen molar-refractivity contribution in [3.8, 4) is 0 Å². The summed E-state index contributed by atoms with van der Waals surface area (Å²) >= 11 is 1.63. The van der Waals surface area contributed by atoms with Crippen molar-refractivity contribution in [2.45, 2.75) is 17.5 Å². The summed E-state index contributed by atoms with van der Waals surface area (Å²) in [5.74, 6) is 0.591. The first kappa shape index (κ1) is 21.6. The summed E-state index contributed by atoms with van der Waals surface area (Å²) in [7, 11) is 3.44. The topological polar surface area (TPSA) is 78.1 Å². The summed E-state index contributed by atoms with van der Waals surface area (Å²) in [6.07, 6.45) is 0. The van der Waals surface area contributed by atoms with Crippen LogP contribution in [0.15, 0.2) is 78.0 Å². The van der Waals surface area contributed by atoms with Gasteiger partial charge in [0.2, 0.25) is 0 Å². The van der Waals surface area contributed by atoms with Crippen molar-refractivity contribution in [3.05, 3.63) is 95.1 Å². The molecule has 2 amide bonds. The molecule has 2 N–H and O–H groups in total. The highest BCUT2D eigenvalue weighted by Gasteiger charge is 2.09. The van der Waals surface area contributed by atoms with Crippen LogP contribution in [0.4, 0.5) is 0 Å². The molecule has 162 valence electrons. The van der Waals surface area contributed by atoms with E-state index in [0.717, 1.165) is 33.1 Å². The molecule has 1 heterocycles. The minimum absolute atomic E-state index is 0.0424. The van der Waals surface area contributed by atoms with Crippen LogP contribution < -0.4 is 5.32 Å². The van der Waals surface area contributed by atoms with Crippen molar-refractivity contribution in [1.82, 2.24) is 20.2 Å². The number of H-pyrrole nitrogens is 1. The van der Waals surface area contributed by atoms with Crippen molar-refractivity contribution in [1.29, 1.82) is 0 Å². The van der Waals surface area contributed by atoms with Crippen molar-refractivity contribution >= 4 is 34.6 Å². The van der Waals surface area contributed by atoms with Gasteiger partial charge in [-0.25, -0.2) is 4.98 Å². The number of aromatic nitrogens is 2. The molecule has 0 unspecified atom stereocenters. The SMILES string of the molecule is CN(C)C(=O)c1ccc(CNC(=O)c2ccc(CSc3nc4ccccc4[nH]3)cc2)cc1. The Morgan fingerprint density at radius 3 is 2.25 bits per heavy atom. The maximum absolute atomic E-state index is 12.5. The summed E-state index contributed by atoms with van der Waals surface area (Å²) in [5.41, 5.74) is 5.28. The summed E-state index contributed by atoms with van der Waals surface area (Å²) in [4.78, 5) is 33.9. The van der Waals surface area contributed by atoms with Gasteiger partial charge in [0.25, 0.3) is 11.8 Å². The fraction of sp³-hybridized carbons (Fsp3) is 0.160. The number of hydrogen-bond acceptors (Lipinski definition) is 4. The Labute approximate surface area is 191 Å². The van der Waals surface area contributed by atoms with E-state index in [-0.39, 0.29) is 11.8 Å². The van der Waals surface area contributed by atoms with E-state index in [9.17, 15) is 9.59 Å². The van der Waals surface area contributed by atoms with E-state index in [1.807, 2.05) is 60.7 Å². The Morgan fingerprint density at radius 2 is 1.56 bits per heavy atom. The molecule has 0 atom stereocenters. The molecule has 1 aromatic heterocycles. The van der Waals surface area contributed by atoms with Crippen LogP contribution in [0.25, 0.3) is 11.0 Å². The number of carbonyl (C=O) groups excluding carboxylic acids is 2. The largest absolute Gasteiger partial charge is 0.348 e. The van der Waals surface area contributed by atoms with Crippen LogP contribution in [0, 0.1) is 0 Å². The number of amides is 2. The number of rotatable bonds is 7. The van der Waals surface area contributed by atoms with Crippen LogP contribution in [-0.2, 0) is 12.3 Å². The van der Waals surface area contributed by atoms with Crippen molar-refractivity contribution in [2.75, 3.05) is 14.1 Å². The average molecular weight is 445 g/mol. The van der Waals surface area contributed by atoms with Gasteiger partial charge in [0.15, 0.2) is 5.16 Å². The molecule has 0 saturated heterocycles. The van der Waals surface area contributed by atoms with Crippen LogP contribution in [0.1, 0.15) is 31.8 Å². The second kappa shape index (κ2) is 9.70. The molecule has 0 aliphatic heterocycles. The minimum Gasteiger partial charge on any atom is -0.348 e. The molecule has 7 heteroatoms. The molecule has 4 aromatic rings. The molecule has 0 aliphatic rings. The number of thioether (sulfide) groups is 1. The van der Waals surface area contributed by atoms with Gasteiger partial charge in [0.05, 0.1) is 11.0 Å². The quantitative estimate of drug-likeness (QED) is 0.412. The lowest BCUT2D eigenvalue weighted by atomic mass is 10.1. The molecule has 3 aromatic carbocycles. The Kier molecular flexibility index (Phi) is 6.56. The first-order valence-corrected chi connectivity index (χ1v) is 11.2. The van der Waals surface area contributed by atoms with Gasteiger partial charge in [-0.15, -0.1) is 0 Å². The Bertz CT molecular complexity index is 1200. The summed E-state index contributed by atoms with van der Waals surface area (Å²) in [6.45, 7) is 0.402. The Morgan fingerprint density at radius 1 is 0.906 bits per heavy atom. The first-order chi connectivity index (χ1) is 15.5. The van der Waals surface area contributed by atoms with Crippen molar-refractivity contribution in [2.24, 2.45) is 0 Å². The molecule has 0 radical (unpaired) electrons.